The highest BCUT2D eigenvalue weighted by Crippen LogP contribution is 2.14. The van der Waals surface area contributed by atoms with Crippen LogP contribution in [0.3, 0.4) is 0 Å². The summed E-state index contributed by atoms with van der Waals surface area (Å²) < 4.78 is 103. The maximum Gasteiger partial charge on any atom is 0.132 e. The van der Waals surface area contributed by atoms with Gasteiger partial charge in [0.1, 0.15) is 5.69 Å². The summed E-state index contributed by atoms with van der Waals surface area (Å²) in [6.07, 6.45) is 0. The smallest absolute Gasteiger partial charge is 0.132 e. The molecule has 0 spiro atoms. The number of hydrogen-bond donors (Lipinski definition) is 0. The number of quaternary nitrogens is 1. The van der Waals surface area contributed by atoms with Crippen LogP contribution >= 0.6 is 0 Å². The first-order valence-electron chi connectivity index (χ1n) is 9.39. The van der Waals surface area contributed by atoms with Gasteiger partial charge in [0.2, 0.25) is 0 Å². The minimum absolute atomic E-state index is 0.895. The number of hydrogen-bond acceptors (Lipinski definition) is 0. The Labute approximate surface area is 82.2 Å². The van der Waals surface area contributed by atoms with Crippen LogP contribution in [0.15, 0.2) is 30.2 Å². The fraction of sp³-hybridized carbons (Fsp3) is 0.333. The molecule has 54 valence electrons. The molecule has 0 saturated heterocycles. The minimum atomic E-state index is -3.76. The number of rotatable bonds is 1. The van der Waals surface area contributed by atoms with Crippen molar-refractivity contribution in [3.63, 3.8) is 0 Å². The lowest BCUT2D eigenvalue weighted by Crippen LogP contribution is -2.34. The Morgan fingerprint density at radius 1 is 1.20 bits per heavy atom. The van der Waals surface area contributed by atoms with E-state index in [-0.39, 0.29) is 0 Å². The van der Waals surface area contributed by atoms with Crippen molar-refractivity contribution in [3.05, 3.63) is 30.2 Å². The number of nitrogens with zero attached hydrogens (tertiary/aromatic N) is 1. The van der Waals surface area contributed by atoms with Gasteiger partial charge < -0.3 is 0 Å². The highest BCUT2D eigenvalue weighted by molar-refractivity contribution is 5.40. The summed E-state index contributed by atoms with van der Waals surface area (Å²) in [5, 5.41) is 0. The Hall–Kier alpha value is -0.820. The molecule has 0 N–H and O–H groups in total. The minimum Gasteiger partial charge on any atom is -0.298 e. The molecule has 0 aliphatic heterocycles. The lowest BCUT2D eigenvalue weighted by atomic mass is 10.3. The molecule has 0 amide bonds. The van der Waals surface area contributed by atoms with E-state index in [0.29, 0.717) is 0 Å². The molecule has 0 aliphatic rings. The van der Waals surface area contributed by atoms with Gasteiger partial charge in [-0.3, -0.25) is 4.48 Å². The van der Waals surface area contributed by atoms with Crippen molar-refractivity contribution in [2.45, 2.75) is 0 Å². The van der Waals surface area contributed by atoms with Gasteiger partial charge in [0, 0.05) is 0 Å². The van der Waals surface area contributed by atoms with Crippen molar-refractivity contribution in [3.8, 4) is 0 Å². The Morgan fingerprint density at radius 2 is 1.80 bits per heavy atom. The van der Waals surface area contributed by atoms with Gasteiger partial charge in [0.25, 0.3) is 0 Å². The zero-order valence-corrected chi connectivity index (χ0v) is 4.95. The maximum atomic E-state index is 7.79. The van der Waals surface area contributed by atoms with E-state index in [2.05, 4.69) is 0 Å². The summed E-state index contributed by atoms with van der Waals surface area (Å²) >= 11 is 0. The van der Waals surface area contributed by atoms with Crippen LogP contribution in [0.5, 0.6) is 0 Å². The van der Waals surface area contributed by atoms with Crippen LogP contribution in [0, 0.1) is 0 Å². The summed E-state index contributed by atoms with van der Waals surface area (Å²) in [5.74, 6) is 0. The standard InChI is InChI=1S/C9H14N/c1-10(2,3)9-7-5-4-6-8-9/h4-8H,1-3H3/q+1/i1D3,2D3,3D3,4D,5D,6D,7D,8D,10+1. The molecule has 0 heterocycles. The Balaban J connectivity index is 4.27. The van der Waals surface area contributed by atoms with E-state index >= 15 is 0 Å². The van der Waals surface area contributed by atoms with Crippen molar-refractivity contribution in [2.24, 2.45) is 0 Å². The highest BCUT2D eigenvalue weighted by atomic mass is 16.0. The highest BCUT2D eigenvalue weighted by Gasteiger charge is 2.08. The first kappa shape index (κ1) is 1.14. The van der Waals surface area contributed by atoms with Gasteiger partial charge in [-0.1, -0.05) is 18.1 Å². The van der Waals surface area contributed by atoms with Crippen LogP contribution in [0.4, 0.5) is 5.69 Å². The molecule has 1 aromatic carbocycles. The normalized spacial score (nSPS) is 35.6. The Morgan fingerprint density at radius 3 is 2.30 bits per heavy atom. The van der Waals surface area contributed by atoms with Crippen LogP contribution < -0.4 is 4.48 Å². The average molecular weight is 151 g/mol. The van der Waals surface area contributed by atoms with Crippen LogP contribution in [-0.4, -0.2) is 20.9 Å². The first-order valence-corrected chi connectivity index (χ1v) is 2.39. The Kier molecular flexibility index (Phi) is 0.278. The summed E-state index contributed by atoms with van der Waals surface area (Å²) in [4.78, 5) is 0. The topological polar surface area (TPSA) is 0 Å². The zero-order valence-electron chi connectivity index (χ0n) is 18.9. The second kappa shape index (κ2) is 2.43. The molecule has 0 bridgehead atoms. The molecule has 1 heteroatoms. The second-order valence-corrected chi connectivity index (χ2v) is 1.64. The van der Waals surface area contributed by atoms with Crippen LogP contribution in [-0.2, 0) is 0 Å². The number of benzene rings is 1. The third kappa shape index (κ3) is 1.58. The van der Waals surface area contributed by atoms with Crippen molar-refractivity contribution in [2.75, 3.05) is 20.9 Å². The van der Waals surface area contributed by atoms with Gasteiger partial charge in [-0.25, -0.2) is 0 Å². The molecule has 0 aromatic heterocycles. The molecule has 0 saturated carbocycles. The number of para-hydroxylation sites is 1. The second-order valence-electron chi connectivity index (χ2n) is 1.64. The third-order valence-electron chi connectivity index (χ3n) is 0.822. The van der Waals surface area contributed by atoms with E-state index in [0.717, 1.165) is 0 Å². The fourth-order valence-electron chi connectivity index (χ4n) is 0.411. The summed E-state index contributed by atoms with van der Waals surface area (Å²) in [7, 11) is 0. The van der Waals surface area contributed by atoms with Crippen molar-refractivity contribution in [1.82, 2.24) is 4.48 Å². The van der Waals surface area contributed by atoms with Gasteiger partial charge in [-0.15, -0.1) is 0 Å². The van der Waals surface area contributed by atoms with E-state index < -0.39 is 61.3 Å². The van der Waals surface area contributed by atoms with Gasteiger partial charge >= 0.3 is 0 Å². The van der Waals surface area contributed by atoms with Crippen molar-refractivity contribution in [1.29, 1.82) is 0 Å². The molecule has 1 rings (SSSR count). The molecule has 0 fully saturated rings. The van der Waals surface area contributed by atoms with E-state index in [1.807, 2.05) is 0 Å². The summed E-state index contributed by atoms with van der Waals surface area (Å²) in [6.45, 7) is -11.3. The molecule has 0 atom stereocenters. The van der Waals surface area contributed by atoms with Crippen LogP contribution in [0.2, 0.25) is 0 Å². The molecule has 1 nitrogen and oxygen atoms in total. The van der Waals surface area contributed by atoms with E-state index in [4.69, 9.17) is 19.2 Å². The lowest BCUT2D eigenvalue weighted by Gasteiger charge is -2.22. The predicted octanol–water partition coefficient (Wildman–Crippen LogP) is 1.88. The molecular weight excluding hydrogens is 123 g/mol. The van der Waals surface area contributed by atoms with Crippen molar-refractivity contribution < 1.29 is 19.2 Å². The van der Waals surface area contributed by atoms with Crippen molar-refractivity contribution >= 4 is 5.69 Å². The predicted molar refractivity (Wildman–Crippen MR) is 46.0 cm³/mol. The summed E-state index contributed by atoms with van der Waals surface area (Å²) in [6, 6.07) is -5.32. The molecule has 0 aliphatic carbocycles. The van der Waals surface area contributed by atoms with Gasteiger partial charge in [0.15, 0.2) is 0 Å². The summed E-state index contributed by atoms with van der Waals surface area (Å²) in [5.41, 5.74) is -1.32. The Bertz CT molecular complexity index is 585. The monoisotopic (exact) mass is 151 g/mol. The van der Waals surface area contributed by atoms with Gasteiger partial charge in [0.05, 0.1) is 40.1 Å². The van der Waals surface area contributed by atoms with E-state index in [1.54, 1.807) is 0 Å². The van der Waals surface area contributed by atoms with Crippen LogP contribution in [0.25, 0.3) is 0 Å². The van der Waals surface area contributed by atoms with Crippen LogP contribution in [0.1, 0.15) is 19.2 Å². The average Bonchev–Trinajstić information content (AvgIpc) is 2.34. The SMILES string of the molecule is [2H]c1c([2H])c([2H])c([15N+](C([2H])([2H])[2H])(C([2H])([2H])[2H])C([2H])([2H])[2H])c([2H])c1[2H]. The fourth-order valence-corrected chi connectivity index (χ4v) is 0.411. The van der Waals surface area contributed by atoms with Gasteiger partial charge in [-0.05, 0) is 12.1 Å². The molecule has 0 unspecified atom stereocenters. The molecule has 10 heavy (non-hydrogen) atoms. The first-order chi connectivity index (χ1) is 10.4. The lowest BCUT2D eigenvalue weighted by molar-refractivity contribution is 0.486. The quantitative estimate of drug-likeness (QED) is 0.425. The largest absolute Gasteiger partial charge is 0.298 e. The van der Waals surface area contributed by atoms with E-state index in [9.17, 15) is 0 Å². The maximum absolute atomic E-state index is 7.79. The van der Waals surface area contributed by atoms with E-state index in [1.165, 1.54) is 0 Å². The molecule has 1 aromatic rings. The molecule has 0 radical (unpaired) electrons. The van der Waals surface area contributed by atoms with Gasteiger partial charge in [-0.2, -0.15) is 0 Å². The zero-order chi connectivity index (χ0) is 19.5. The molecular formula is C9H14N+. The third-order valence-corrected chi connectivity index (χ3v) is 0.822.